The summed E-state index contributed by atoms with van der Waals surface area (Å²) in [5.74, 6) is 0.364. The van der Waals surface area contributed by atoms with Crippen LogP contribution in [0.3, 0.4) is 0 Å². The van der Waals surface area contributed by atoms with E-state index in [-0.39, 0.29) is 11.9 Å². The molecule has 2 aromatic rings. The van der Waals surface area contributed by atoms with Crippen LogP contribution in [0.1, 0.15) is 24.1 Å². The van der Waals surface area contributed by atoms with Gasteiger partial charge in [-0.1, -0.05) is 29.8 Å². The van der Waals surface area contributed by atoms with Gasteiger partial charge >= 0.3 is 0 Å². The smallest absolute Gasteiger partial charge is 0.124 e. The monoisotopic (exact) mass is 279 g/mol. The zero-order chi connectivity index (χ0) is 13.8. The van der Waals surface area contributed by atoms with Crippen molar-refractivity contribution < 1.29 is 9.13 Å². The summed E-state index contributed by atoms with van der Waals surface area (Å²) in [6.45, 7) is 2.21. The summed E-state index contributed by atoms with van der Waals surface area (Å²) < 4.78 is 18.6. The maximum Gasteiger partial charge on any atom is 0.124 e. The first kappa shape index (κ1) is 13.8. The molecule has 0 aromatic heterocycles. The summed E-state index contributed by atoms with van der Waals surface area (Å²) in [7, 11) is 0. The second kappa shape index (κ2) is 6.04. The molecule has 0 aliphatic heterocycles. The van der Waals surface area contributed by atoms with E-state index in [0.717, 1.165) is 16.9 Å². The van der Waals surface area contributed by atoms with E-state index in [4.69, 9.17) is 22.1 Å². The fourth-order valence-electron chi connectivity index (χ4n) is 1.69. The molecule has 0 amide bonds. The maximum atomic E-state index is 12.9. The quantitative estimate of drug-likeness (QED) is 0.915. The van der Waals surface area contributed by atoms with Crippen LogP contribution in [0, 0.1) is 5.82 Å². The van der Waals surface area contributed by atoms with Crippen molar-refractivity contribution in [1.29, 1.82) is 0 Å². The zero-order valence-electron chi connectivity index (χ0n) is 10.6. The van der Waals surface area contributed by atoms with Crippen LogP contribution in [0.2, 0.25) is 5.02 Å². The fraction of sp³-hybridized carbons (Fsp3) is 0.200. The van der Waals surface area contributed by atoms with Crippen LogP contribution in [0.5, 0.6) is 5.75 Å². The molecule has 2 aromatic carbocycles. The minimum atomic E-state index is -0.354. The van der Waals surface area contributed by atoms with Crippen molar-refractivity contribution in [3.63, 3.8) is 0 Å². The average molecular weight is 280 g/mol. The lowest BCUT2D eigenvalue weighted by molar-refractivity contribution is 0.305. The van der Waals surface area contributed by atoms with Crippen LogP contribution >= 0.6 is 11.6 Å². The minimum Gasteiger partial charge on any atom is -0.489 e. The Morgan fingerprint density at radius 1 is 1.26 bits per heavy atom. The second-order valence-electron chi connectivity index (χ2n) is 4.39. The number of nitrogens with two attached hydrogens (primary N) is 1. The van der Waals surface area contributed by atoms with Gasteiger partial charge in [0.1, 0.15) is 18.2 Å². The first-order chi connectivity index (χ1) is 9.06. The molecule has 2 nitrogen and oxygen atoms in total. The topological polar surface area (TPSA) is 35.2 Å². The average Bonchev–Trinajstić information content (AvgIpc) is 2.38. The van der Waals surface area contributed by atoms with E-state index in [9.17, 15) is 4.39 Å². The van der Waals surface area contributed by atoms with E-state index >= 15 is 0 Å². The first-order valence-corrected chi connectivity index (χ1v) is 6.36. The Hall–Kier alpha value is -1.58. The highest BCUT2D eigenvalue weighted by molar-refractivity contribution is 6.31. The molecule has 0 fully saturated rings. The molecule has 0 radical (unpaired) electrons. The normalized spacial score (nSPS) is 12.2. The third-order valence-corrected chi connectivity index (χ3v) is 3.15. The number of rotatable bonds is 4. The summed E-state index contributed by atoms with van der Waals surface area (Å²) in [6, 6.07) is 11.8. The van der Waals surface area contributed by atoms with Gasteiger partial charge in [-0.2, -0.15) is 0 Å². The van der Waals surface area contributed by atoms with Gasteiger partial charge in [-0.05, 0) is 36.8 Å². The van der Waals surface area contributed by atoms with E-state index in [1.807, 2.05) is 31.2 Å². The molecule has 4 heteroatoms. The summed E-state index contributed by atoms with van der Waals surface area (Å²) in [6.07, 6.45) is 0. The molecule has 0 aliphatic rings. The predicted octanol–water partition coefficient (Wildman–Crippen LogP) is 4.08. The minimum absolute atomic E-state index is 0.0436. The third kappa shape index (κ3) is 3.69. The van der Waals surface area contributed by atoms with E-state index in [0.29, 0.717) is 11.6 Å². The van der Waals surface area contributed by atoms with Crippen LogP contribution in [-0.2, 0) is 6.61 Å². The van der Waals surface area contributed by atoms with Gasteiger partial charge in [0.25, 0.3) is 0 Å². The van der Waals surface area contributed by atoms with Crippen molar-refractivity contribution in [1.82, 2.24) is 0 Å². The second-order valence-corrected chi connectivity index (χ2v) is 4.79. The predicted molar refractivity (Wildman–Crippen MR) is 74.8 cm³/mol. The van der Waals surface area contributed by atoms with Gasteiger partial charge in [0.15, 0.2) is 0 Å². The lowest BCUT2D eigenvalue weighted by atomic mass is 10.1. The van der Waals surface area contributed by atoms with Crippen molar-refractivity contribution in [3.05, 3.63) is 64.4 Å². The molecule has 0 bridgehead atoms. The molecular weight excluding hydrogens is 265 g/mol. The molecular formula is C15H15ClFNO. The summed E-state index contributed by atoms with van der Waals surface area (Å²) in [4.78, 5) is 0. The highest BCUT2D eigenvalue weighted by Crippen LogP contribution is 2.22. The van der Waals surface area contributed by atoms with Gasteiger partial charge in [-0.15, -0.1) is 0 Å². The Bertz CT molecular complexity index is 572. The Balaban J connectivity index is 2.08. The molecule has 0 saturated heterocycles. The Morgan fingerprint density at radius 2 is 2.05 bits per heavy atom. The highest BCUT2D eigenvalue weighted by atomic mass is 35.5. The van der Waals surface area contributed by atoms with Crippen LogP contribution < -0.4 is 10.5 Å². The van der Waals surface area contributed by atoms with Crippen molar-refractivity contribution in [2.75, 3.05) is 0 Å². The maximum absolute atomic E-state index is 12.9. The zero-order valence-corrected chi connectivity index (χ0v) is 11.3. The molecule has 1 atom stereocenters. The number of hydrogen-bond donors (Lipinski definition) is 1. The molecule has 2 rings (SSSR count). The highest BCUT2D eigenvalue weighted by Gasteiger charge is 2.05. The molecule has 19 heavy (non-hydrogen) atoms. The molecule has 0 saturated carbocycles. The van der Waals surface area contributed by atoms with Crippen LogP contribution in [-0.4, -0.2) is 0 Å². The first-order valence-electron chi connectivity index (χ1n) is 5.98. The van der Waals surface area contributed by atoms with Crippen LogP contribution in [0.15, 0.2) is 42.5 Å². The molecule has 0 heterocycles. The molecule has 100 valence electrons. The lowest BCUT2D eigenvalue weighted by Gasteiger charge is -2.11. The van der Waals surface area contributed by atoms with E-state index in [1.165, 1.54) is 12.1 Å². The van der Waals surface area contributed by atoms with Crippen molar-refractivity contribution >= 4 is 11.6 Å². The van der Waals surface area contributed by atoms with Crippen molar-refractivity contribution in [2.45, 2.75) is 19.6 Å². The van der Waals surface area contributed by atoms with Crippen molar-refractivity contribution in [2.24, 2.45) is 5.73 Å². The Labute approximate surface area is 117 Å². The number of halogens is 2. The fourth-order valence-corrected chi connectivity index (χ4v) is 1.91. The summed E-state index contributed by atoms with van der Waals surface area (Å²) in [5, 5.41) is 0.364. The van der Waals surface area contributed by atoms with E-state index in [1.54, 1.807) is 6.07 Å². The largest absolute Gasteiger partial charge is 0.489 e. The van der Waals surface area contributed by atoms with Gasteiger partial charge in [0, 0.05) is 11.6 Å². The number of hydrogen-bond acceptors (Lipinski definition) is 2. The summed E-state index contributed by atoms with van der Waals surface area (Å²) >= 11 is 5.94. The third-order valence-electron chi connectivity index (χ3n) is 2.79. The van der Waals surface area contributed by atoms with Gasteiger partial charge in [-0.3, -0.25) is 0 Å². The molecule has 0 spiro atoms. The van der Waals surface area contributed by atoms with Crippen LogP contribution in [0.4, 0.5) is 4.39 Å². The molecule has 2 N–H and O–H groups in total. The number of ether oxygens (including phenoxy) is 1. The van der Waals surface area contributed by atoms with Crippen LogP contribution in [0.25, 0.3) is 0 Å². The van der Waals surface area contributed by atoms with Gasteiger partial charge in [0.2, 0.25) is 0 Å². The summed E-state index contributed by atoms with van der Waals surface area (Å²) in [5.41, 5.74) is 7.56. The molecule has 0 unspecified atom stereocenters. The Morgan fingerprint density at radius 3 is 2.74 bits per heavy atom. The standard InChI is InChI=1S/C15H15ClFNO/c1-10(18)11-3-2-4-14(7-11)19-9-12-5-6-13(17)8-15(12)16/h2-8,10H,9,18H2,1H3/t10-/m0/s1. The molecule has 0 aliphatic carbocycles. The number of benzene rings is 2. The van der Waals surface area contributed by atoms with Crippen molar-refractivity contribution in [3.8, 4) is 5.75 Å². The van der Waals surface area contributed by atoms with Gasteiger partial charge in [-0.25, -0.2) is 4.39 Å². The van der Waals surface area contributed by atoms with Gasteiger partial charge in [0.05, 0.1) is 5.02 Å². The SMILES string of the molecule is C[C@H](N)c1cccc(OCc2ccc(F)cc2Cl)c1. The Kier molecular flexibility index (Phi) is 4.40. The van der Waals surface area contributed by atoms with E-state index in [2.05, 4.69) is 0 Å². The lowest BCUT2D eigenvalue weighted by Crippen LogP contribution is -2.05. The van der Waals surface area contributed by atoms with E-state index < -0.39 is 0 Å². The van der Waals surface area contributed by atoms with Gasteiger partial charge < -0.3 is 10.5 Å².